The molecule has 0 unspecified atom stereocenters. The molecule has 0 radical (unpaired) electrons. The first-order valence-corrected chi connectivity index (χ1v) is 8.82. The number of benzene rings is 1. The average Bonchev–Trinajstić information content (AvgIpc) is 3.09. The molecular formula is C18H20F3N5O2. The maximum absolute atomic E-state index is 12.7. The van der Waals surface area contributed by atoms with Gasteiger partial charge in [0.25, 0.3) is 5.91 Å². The Hall–Kier alpha value is -2.88. The number of carbonyl (C=O) groups is 2. The Balaban J connectivity index is 1.72. The fourth-order valence-corrected chi connectivity index (χ4v) is 3.08. The van der Waals surface area contributed by atoms with E-state index in [2.05, 4.69) is 20.8 Å². The van der Waals surface area contributed by atoms with Crippen LogP contribution in [0.3, 0.4) is 0 Å². The van der Waals surface area contributed by atoms with Gasteiger partial charge >= 0.3 is 12.1 Å². The van der Waals surface area contributed by atoms with Crippen molar-refractivity contribution in [3.63, 3.8) is 0 Å². The molecule has 1 aliphatic heterocycles. The molecule has 2 amide bonds. The highest BCUT2D eigenvalue weighted by molar-refractivity contribution is 6.04. The quantitative estimate of drug-likeness (QED) is 0.724. The first-order valence-electron chi connectivity index (χ1n) is 8.82. The zero-order valence-electron chi connectivity index (χ0n) is 15.2. The molecule has 0 spiro atoms. The number of halogens is 3. The molecule has 2 heterocycles. The SMILES string of the molecule is CCN(Cc1cccc(NC(=O)c2n[nH]c3c2CNCC3)c1)C(=O)C(F)(F)F. The third-order valence-electron chi connectivity index (χ3n) is 4.49. The van der Waals surface area contributed by atoms with Crippen LogP contribution in [-0.4, -0.2) is 46.2 Å². The average molecular weight is 395 g/mol. The number of amides is 2. The van der Waals surface area contributed by atoms with Crippen LogP contribution < -0.4 is 10.6 Å². The van der Waals surface area contributed by atoms with Crippen LogP contribution in [0.15, 0.2) is 24.3 Å². The summed E-state index contributed by atoms with van der Waals surface area (Å²) in [5, 5.41) is 12.8. The number of H-pyrrole nitrogens is 1. The minimum atomic E-state index is -4.92. The first kappa shape index (κ1) is 19.9. The molecule has 2 aromatic rings. The second-order valence-corrected chi connectivity index (χ2v) is 6.43. The summed E-state index contributed by atoms with van der Waals surface area (Å²) in [6.45, 7) is 2.54. The molecule has 0 saturated carbocycles. The molecular weight excluding hydrogens is 375 g/mol. The summed E-state index contributed by atoms with van der Waals surface area (Å²) >= 11 is 0. The van der Waals surface area contributed by atoms with Crippen molar-refractivity contribution in [2.24, 2.45) is 0 Å². The largest absolute Gasteiger partial charge is 0.471 e. The van der Waals surface area contributed by atoms with E-state index in [0.717, 1.165) is 24.2 Å². The lowest BCUT2D eigenvalue weighted by Gasteiger charge is -2.22. The van der Waals surface area contributed by atoms with Crippen molar-refractivity contribution in [1.29, 1.82) is 0 Å². The van der Waals surface area contributed by atoms with Gasteiger partial charge in [-0.2, -0.15) is 18.3 Å². The molecule has 1 aromatic heterocycles. The standard InChI is InChI=1S/C18H20F3N5O2/c1-2-26(17(28)18(19,20)21)10-11-4-3-5-12(8-11)23-16(27)15-13-9-22-7-6-14(13)24-25-15/h3-5,8,22H,2,6-7,9-10H2,1H3,(H,23,27)(H,24,25). The molecule has 3 N–H and O–H groups in total. The number of anilines is 1. The maximum Gasteiger partial charge on any atom is 0.471 e. The van der Waals surface area contributed by atoms with E-state index in [1.807, 2.05) is 0 Å². The number of nitrogens with zero attached hydrogens (tertiary/aromatic N) is 2. The number of nitrogens with one attached hydrogen (secondary N) is 3. The van der Waals surface area contributed by atoms with Gasteiger partial charge in [-0.3, -0.25) is 14.7 Å². The van der Waals surface area contributed by atoms with Crippen LogP contribution in [0.4, 0.5) is 18.9 Å². The van der Waals surface area contributed by atoms with Gasteiger partial charge in [-0.25, -0.2) is 0 Å². The lowest BCUT2D eigenvalue weighted by atomic mass is 10.1. The van der Waals surface area contributed by atoms with Crippen LogP contribution in [-0.2, 0) is 24.3 Å². The van der Waals surface area contributed by atoms with E-state index in [0.29, 0.717) is 22.7 Å². The molecule has 0 saturated heterocycles. The predicted molar refractivity (Wildman–Crippen MR) is 95.5 cm³/mol. The Morgan fingerprint density at radius 1 is 1.32 bits per heavy atom. The highest BCUT2D eigenvalue weighted by Crippen LogP contribution is 2.21. The molecule has 150 valence electrons. The van der Waals surface area contributed by atoms with Gasteiger partial charge in [-0.05, 0) is 24.6 Å². The molecule has 0 bridgehead atoms. The van der Waals surface area contributed by atoms with E-state index in [-0.39, 0.29) is 18.8 Å². The smallest absolute Gasteiger partial charge is 0.331 e. The second-order valence-electron chi connectivity index (χ2n) is 6.43. The number of rotatable bonds is 5. The van der Waals surface area contributed by atoms with E-state index < -0.39 is 18.0 Å². The lowest BCUT2D eigenvalue weighted by molar-refractivity contribution is -0.185. The molecule has 1 aliphatic rings. The van der Waals surface area contributed by atoms with E-state index >= 15 is 0 Å². The van der Waals surface area contributed by atoms with Crippen LogP contribution in [0.5, 0.6) is 0 Å². The van der Waals surface area contributed by atoms with Crippen molar-refractivity contribution < 1.29 is 22.8 Å². The van der Waals surface area contributed by atoms with E-state index in [1.165, 1.54) is 6.92 Å². The third-order valence-corrected chi connectivity index (χ3v) is 4.49. The monoisotopic (exact) mass is 395 g/mol. The van der Waals surface area contributed by atoms with Crippen LogP contribution in [0.1, 0.15) is 34.2 Å². The van der Waals surface area contributed by atoms with E-state index in [9.17, 15) is 22.8 Å². The fraction of sp³-hybridized carbons (Fsp3) is 0.389. The summed E-state index contributed by atoms with van der Waals surface area (Å²) in [4.78, 5) is 24.7. The molecule has 0 atom stereocenters. The summed E-state index contributed by atoms with van der Waals surface area (Å²) in [6.07, 6.45) is -4.17. The van der Waals surface area contributed by atoms with Gasteiger partial charge in [0, 0.05) is 49.5 Å². The fourth-order valence-electron chi connectivity index (χ4n) is 3.08. The Kier molecular flexibility index (Phi) is 5.68. The maximum atomic E-state index is 12.7. The van der Waals surface area contributed by atoms with Gasteiger partial charge in [0.1, 0.15) is 0 Å². The zero-order chi connectivity index (χ0) is 20.3. The molecule has 0 fully saturated rings. The highest BCUT2D eigenvalue weighted by atomic mass is 19.4. The molecule has 1 aromatic carbocycles. The summed E-state index contributed by atoms with van der Waals surface area (Å²) < 4.78 is 38.0. The van der Waals surface area contributed by atoms with Crippen LogP contribution in [0.2, 0.25) is 0 Å². The molecule has 7 nitrogen and oxygen atoms in total. The van der Waals surface area contributed by atoms with Gasteiger partial charge in [0.05, 0.1) is 0 Å². The summed E-state index contributed by atoms with van der Waals surface area (Å²) in [5.74, 6) is -2.29. The van der Waals surface area contributed by atoms with Gasteiger partial charge in [0.2, 0.25) is 0 Å². The molecule has 10 heteroatoms. The molecule has 0 aliphatic carbocycles. The summed E-state index contributed by atoms with van der Waals surface area (Å²) in [6, 6.07) is 6.38. The van der Waals surface area contributed by atoms with E-state index in [1.54, 1.807) is 24.3 Å². The van der Waals surface area contributed by atoms with Gasteiger partial charge in [-0.15, -0.1) is 0 Å². The van der Waals surface area contributed by atoms with Crippen molar-refractivity contribution >= 4 is 17.5 Å². The Labute approximate surface area is 159 Å². The number of hydrogen-bond acceptors (Lipinski definition) is 4. The van der Waals surface area contributed by atoms with Gasteiger partial charge in [0.15, 0.2) is 5.69 Å². The number of alkyl halides is 3. The minimum absolute atomic E-state index is 0.0820. The van der Waals surface area contributed by atoms with Crippen LogP contribution >= 0.6 is 0 Å². The van der Waals surface area contributed by atoms with Gasteiger partial charge in [-0.1, -0.05) is 12.1 Å². The normalized spacial score (nSPS) is 13.7. The first-order chi connectivity index (χ1) is 13.3. The molecule has 3 rings (SSSR count). The topological polar surface area (TPSA) is 90.1 Å². The number of hydrogen-bond donors (Lipinski definition) is 3. The van der Waals surface area contributed by atoms with Crippen molar-refractivity contribution in [1.82, 2.24) is 20.4 Å². The Bertz CT molecular complexity index is 878. The van der Waals surface area contributed by atoms with Crippen molar-refractivity contribution in [2.45, 2.75) is 32.6 Å². The highest BCUT2D eigenvalue weighted by Gasteiger charge is 2.41. The zero-order valence-corrected chi connectivity index (χ0v) is 15.2. The predicted octanol–water partition coefficient (Wildman–Crippen LogP) is 2.22. The lowest BCUT2D eigenvalue weighted by Crippen LogP contribution is -2.40. The summed E-state index contributed by atoms with van der Waals surface area (Å²) in [5.41, 5.74) is 2.91. The minimum Gasteiger partial charge on any atom is -0.331 e. The van der Waals surface area contributed by atoms with Crippen molar-refractivity contribution in [3.05, 3.63) is 46.8 Å². The summed E-state index contributed by atoms with van der Waals surface area (Å²) in [7, 11) is 0. The number of carbonyl (C=O) groups excluding carboxylic acids is 2. The van der Waals surface area contributed by atoms with Crippen LogP contribution in [0, 0.1) is 0 Å². The number of fused-ring (bicyclic) bond motifs is 1. The van der Waals surface area contributed by atoms with Crippen molar-refractivity contribution in [3.8, 4) is 0 Å². The Morgan fingerprint density at radius 2 is 2.11 bits per heavy atom. The number of aromatic nitrogens is 2. The molecule has 28 heavy (non-hydrogen) atoms. The van der Waals surface area contributed by atoms with Crippen LogP contribution in [0.25, 0.3) is 0 Å². The van der Waals surface area contributed by atoms with E-state index in [4.69, 9.17) is 0 Å². The van der Waals surface area contributed by atoms with Crippen molar-refractivity contribution in [2.75, 3.05) is 18.4 Å². The Morgan fingerprint density at radius 3 is 2.82 bits per heavy atom. The second kappa shape index (κ2) is 8.01. The third kappa shape index (κ3) is 4.33. The number of aromatic amines is 1. The van der Waals surface area contributed by atoms with Gasteiger partial charge < -0.3 is 15.5 Å².